The summed E-state index contributed by atoms with van der Waals surface area (Å²) in [6.07, 6.45) is -2.33. The second-order valence-corrected chi connectivity index (χ2v) is 9.17. The van der Waals surface area contributed by atoms with E-state index in [1.165, 1.54) is 6.20 Å². The Morgan fingerprint density at radius 1 is 1.03 bits per heavy atom. The lowest BCUT2D eigenvalue weighted by molar-refractivity contribution is -0.141. The lowest BCUT2D eigenvalue weighted by atomic mass is 10.1. The second-order valence-electron chi connectivity index (χ2n) is 9.17. The van der Waals surface area contributed by atoms with Crippen molar-refractivity contribution in [2.45, 2.75) is 39.5 Å². The van der Waals surface area contributed by atoms with E-state index in [4.69, 9.17) is 14.5 Å². The van der Waals surface area contributed by atoms with Gasteiger partial charge in [-0.2, -0.15) is 18.3 Å². The zero-order chi connectivity index (χ0) is 23.9. The average molecular weight is 477 g/mol. The van der Waals surface area contributed by atoms with Gasteiger partial charge in [-0.25, -0.2) is 14.6 Å². The van der Waals surface area contributed by atoms with Crippen molar-refractivity contribution >= 4 is 16.9 Å². The Morgan fingerprint density at radius 3 is 2.53 bits per heavy atom. The van der Waals surface area contributed by atoms with Gasteiger partial charge in [-0.1, -0.05) is 19.9 Å². The second kappa shape index (κ2) is 8.94. The van der Waals surface area contributed by atoms with Crippen LogP contribution >= 0.6 is 0 Å². The van der Waals surface area contributed by atoms with Gasteiger partial charge >= 0.3 is 6.18 Å². The fourth-order valence-electron chi connectivity index (χ4n) is 4.38. The molecule has 182 valence electrons. The quantitative estimate of drug-likeness (QED) is 0.538. The number of ether oxygens (including phenoxy) is 2. The van der Waals surface area contributed by atoms with Crippen molar-refractivity contribution in [1.29, 1.82) is 0 Å². The molecule has 0 N–H and O–H groups in total. The van der Waals surface area contributed by atoms with Gasteiger partial charge in [-0.3, -0.25) is 4.90 Å². The highest BCUT2D eigenvalue weighted by Gasteiger charge is 2.31. The zero-order valence-corrected chi connectivity index (χ0v) is 19.2. The molecule has 0 radical (unpaired) electrons. The van der Waals surface area contributed by atoms with Crippen molar-refractivity contribution in [3.05, 3.63) is 35.8 Å². The monoisotopic (exact) mass is 476 g/mol. The molecule has 1 aromatic carbocycles. The Morgan fingerprint density at radius 2 is 1.79 bits per heavy atom. The third kappa shape index (κ3) is 4.89. The summed E-state index contributed by atoms with van der Waals surface area (Å²) in [4.78, 5) is 13.7. The van der Waals surface area contributed by atoms with E-state index in [2.05, 4.69) is 19.9 Å². The third-order valence-electron chi connectivity index (χ3n) is 5.96. The summed E-state index contributed by atoms with van der Waals surface area (Å²) in [7, 11) is 0. The van der Waals surface area contributed by atoms with Gasteiger partial charge in [0.1, 0.15) is 18.2 Å². The molecular formula is C23H27F3N6O2. The molecule has 0 unspecified atom stereocenters. The maximum atomic E-state index is 13.1. The maximum absolute atomic E-state index is 13.1. The Hall–Kier alpha value is -3.08. The normalized spacial score (nSPS) is 16.7. The molecule has 3 aromatic rings. The van der Waals surface area contributed by atoms with Crippen LogP contribution in [-0.4, -0.2) is 63.8 Å². The molecule has 0 spiro atoms. The molecule has 1 fully saturated rings. The fraction of sp³-hybridized carbons (Fsp3) is 0.522. The minimum absolute atomic E-state index is 0.237. The summed E-state index contributed by atoms with van der Waals surface area (Å²) < 4.78 is 51.0. The van der Waals surface area contributed by atoms with Crippen LogP contribution in [0.15, 0.2) is 24.4 Å². The minimum Gasteiger partial charge on any atom is -0.454 e. The molecule has 2 aliphatic heterocycles. The van der Waals surface area contributed by atoms with Gasteiger partial charge in [-0.05, 0) is 23.6 Å². The smallest absolute Gasteiger partial charge is 0.408 e. The predicted molar refractivity (Wildman–Crippen MR) is 120 cm³/mol. The zero-order valence-electron chi connectivity index (χ0n) is 19.2. The van der Waals surface area contributed by atoms with Crippen LogP contribution in [0.1, 0.15) is 25.2 Å². The van der Waals surface area contributed by atoms with E-state index in [0.29, 0.717) is 36.5 Å². The van der Waals surface area contributed by atoms with Gasteiger partial charge in [0.15, 0.2) is 17.1 Å². The predicted octanol–water partition coefficient (Wildman–Crippen LogP) is 3.64. The van der Waals surface area contributed by atoms with Gasteiger partial charge in [0.2, 0.25) is 6.79 Å². The average Bonchev–Trinajstić information content (AvgIpc) is 3.39. The Labute approximate surface area is 195 Å². The SMILES string of the molecule is CC(C)Cc1nc(N2CCN(Cc3ccc4c(c3)OCO4)CC2)c2cnn(CC(F)(F)F)c2n1. The largest absolute Gasteiger partial charge is 0.454 e. The molecule has 2 aromatic heterocycles. The van der Waals surface area contributed by atoms with E-state index in [0.717, 1.165) is 41.4 Å². The molecule has 1 saturated heterocycles. The number of hydrogen-bond donors (Lipinski definition) is 0. The summed E-state index contributed by atoms with van der Waals surface area (Å²) in [5.41, 5.74) is 1.38. The van der Waals surface area contributed by atoms with E-state index in [1.54, 1.807) is 0 Å². The molecule has 0 aliphatic carbocycles. The van der Waals surface area contributed by atoms with Crippen LogP contribution in [0, 0.1) is 5.92 Å². The fourth-order valence-corrected chi connectivity index (χ4v) is 4.38. The summed E-state index contributed by atoms with van der Waals surface area (Å²) in [6, 6.07) is 5.98. The van der Waals surface area contributed by atoms with E-state index >= 15 is 0 Å². The van der Waals surface area contributed by atoms with Crippen molar-refractivity contribution in [2.24, 2.45) is 5.92 Å². The molecule has 0 saturated carbocycles. The summed E-state index contributed by atoms with van der Waals surface area (Å²) in [6.45, 7) is 6.97. The lowest BCUT2D eigenvalue weighted by Crippen LogP contribution is -2.46. The molecule has 5 rings (SSSR count). The van der Waals surface area contributed by atoms with E-state index in [1.807, 2.05) is 32.0 Å². The van der Waals surface area contributed by atoms with Crippen LogP contribution in [0.5, 0.6) is 11.5 Å². The number of nitrogens with zero attached hydrogens (tertiary/aromatic N) is 6. The Bertz CT molecular complexity index is 1170. The number of rotatable bonds is 6. The van der Waals surface area contributed by atoms with Crippen molar-refractivity contribution in [1.82, 2.24) is 24.6 Å². The highest BCUT2D eigenvalue weighted by atomic mass is 19.4. The van der Waals surface area contributed by atoms with Gasteiger partial charge in [0.05, 0.1) is 11.6 Å². The van der Waals surface area contributed by atoms with Gasteiger partial charge < -0.3 is 14.4 Å². The Kier molecular flexibility index (Phi) is 5.97. The number of halogens is 3. The van der Waals surface area contributed by atoms with Crippen molar-refractivity contribution in [3.63, 3.8) is 0 Å². The number of piperazine rings is 1. The first-order valence-electron chi connectivity index (χ1n) is 11.4. The molecule has 0 atom stereocenters. The van der Waals surface area contributed by atoms with Gasteiger partial charge in [0.25, 0.3) is 0 Å². The molecule has 4 heterocycles. The van der Waals surface area contributed by atoms with E-state index in [-0.39, 0.29) is 18.4 Å². The van der Waals surface area contributed by atoms with Crippen LogP contribution in [0.25, 0.3) is 11.0 Å². The van der Waals surface area contributed by atoms with Crippen LogP contribution in [0.4, 0.5) is 19.0 Å². The van der Waals surface area contributed by atoms with Gasteiger partial charge in [0, 0.05) is 39.1 Å². The molecule has 0 amide bonds. The van der Waals surface area contributed by atoms with Crippen molar-refractivity contribution in [2.75, 3.05) is 37.9 Å². The van der Waals surface area contributed by atoms with Crippen LogP contribution < -0.4 is 14.4 Å². The summed E-state index contributed by atoms with van der Waals surface area (Å²) in [5, 5.41) is 4.55. The topological polar surface area (TPSA) is 68.5 Å². The van der Waals surface area contributed by atoms with Crippen LogP contribution in [0.3, 0.4) is 0 Å². The minimum atomic E-state index is -4.37. The molecule has 8 nitrogen and oxygen atoms in total. The first-order valence-corrected chi connectivity index (χ1v) is 11.4. The number of aromatic nitrogens is 4. The number of benzene rings is 1. The number of anilines is 1. The van der Waals surface area contributed by atoms with Crippen molar-refractivity contribution < 1.29 is 22.6 Å². The molecule has 0 bridgehead atoms. The highest BCUT2D eigenvalue weighted by molar-refractivity contribution is 5.87. The number of fused-ring (bicyclic) bond motifs is 2. The summed E-state index contributed by atoms with van der Waals surface area (Å²) >= 11 is 0. The maximum Gasteiger partial charge on any atom is 0.408 e. The van der Waals surface area contributed by atoms with Crippen LogP contribution in [-0.2, 0) is 19.5 Å². The number of hydrogen-bond acceptors (Lipinski definition) is 7. The molecule has 34 heavy (non-hydrogen) atoms. The first kappa shape index (κ1) is 22.7. The Balaban J connectivity index is 1.34. The van der Waals surface area contributed by atoms with E-state index in [9.17, 15) is 13.2 Å². The molecular weight excluding hydrogens is 449 g/mol. The lowest BCUT2D eigenvalue weighted by Gasteiger charge is -2.35. The van der Waals surface area contributed by atoms with Gasteiger partial charge in [-0.15, -0.1) is 0 Å². The summed E-state index contributed by atoms with van der Waals surface area (Å²) in [5.74, 6) is 3.03. The first-order chi connectivity index (χ1) is 16.2. The van der Waals surface area contributed by atoms with Crippen molar-refractivity contribution in [3.8, 4) is 11.5 Å². The third-order valence-corrected chi connectivity index (χ3v) is 5.96. The molecule has 2 aliphatic rings. The standard InChI is InChI=1S/C23H27F3N6O2/c1-15(2)9-20-28-21(17-11-27-32(22(17)29-20)13-23(24,25)26)31-7-5-30(6-8-31)12-16-3-4-18-19(10-16)34-14-33-18/h3-4,10-11,15H,5-9,12-14H2,1-2H3. The highest BCUT2D eigenvalue weighted by Crippen LogP contribution is 2.33. The molecule has 11 heteroatoms. The van der Waals surface area contributed by atoms with Crippen LogP contribution in [0.2, 0.25) is 0 Å². The van der Waals surface area contributed by atoms with E-state index < -0.39 is 12.7 Å². The number of alkyl halides is 3.